The molecule has 0 saturated carbocycles. The van der Waals surface area contributed by atoms with Crippen LogP contribution < -0.4 is 29.6 Å². The fraction of sp³-hybridized carbons (Fsp3) is 0.143. The average molecular weight is 251 g/mol. The van der Waals surface area contributed by atoms with Gasteiger partial charge in [-0.1, -0.05) is 46.9 Å². The normalized spacial score (nSPS) is 10.7. The Hall–Kier alpha value is 1.44. The van der Waals surface area contributed by atoms with Crippen LogP contribution in [0.3, 0.4) is 0 Å². The van der Waals surface area contributed by atoms with Gasteiger partial charge < -0.3 is 0 Å². The summed E-state index contributed by atoms with van der Waals surface area (Å²) < 4.78 is -1.33. The SMILES string of the molecule is Sc1ccc(C(Cl)(Cl)Cl)cc1.[Na+]. The van der Waals surface area contributed by atoms with Crippen molar-refractivity contribution < 1.29 is 29.6 Å². The summed E-state index contributed by atoms with van der Waals surface area (Å²) in [5.74, 6) is 0. The molecule has 0 aromatic heterocycles. The van der Waals surface area contributed by atoms with Crippen molar-refractivity contribution in [1.29, 1.82) is 0 Å². The van der Waals surface area contributed by atoms with Gasteiger partial charge in [-0.05, 0) is 12.1 Å². The van der Waals surface area contributed by atoms with Gasteiger partial charge in [-0.25, -0.2) is 0 Å². The van der Waals surface area contributed by atoms with Crippen molar-refractivity contribution in [1.82, 2.24) is 0 Å². The second-order valence-corrected chi connectivity index (χ2v) is 4.84. The first-order chi connectivity index (χ1) is 5.00. The van der Waals surface area contributed by atoms with Gasteiger partial charge in [0.2, 0.25) is 3.79 Å². The Labute approximate surface area is 114 Å². The molecular weight excluding hydrogens is 245 g/mol. The largest absolute Gasteiger partial charge is 1.00 e. The Morgan fingerprint density at radius 1 is 1.00 bits per heavy atom. The molecule has 0 aliphatic rings. The molecule has 1 rings (SSSR count). The third-order valence-electron chi connectivity index (χ3n) is 1.19. The van der Waals surface area contributed by atoms with Crippen LogP contribution in [0.15, 0.2) is 29.2 Å². The van der Waals surface area contributed by atoms with Gasteiger partial charge >= 0.3 is 29.6 Å². The molecule has 0 aliphatic heterocycles. The van der Waals surface area contributed by atoms with E-state index in [-0.39, 0.29) is 29.6 Å². The summed E-state index contributed by atoms with van der Waals surface area (Å²) in [6.45, 7) is 0. The molecule has 0 bridgehead atoms. The van der Waals surface area contributed by atoms with E-state index in [4.69, 9.17) is 34.8 Å². The summed E-state index contributed by atoms with van der Waals surface area (Å²) in [5.41, 5.74) is 0.653. The van der Waals surface area contributed by atoms with E-state index in [1.165, 1.54) is 0 Å². The van der Waals surface area contributed by atoms with Crippen molar-refractivity contribution in [3.8, 4) is 0 Å². The second-order valence-electron chi connectivity index (χ2n) is 2.04. The van der Waals surface area contributed by atoms with Crippen molar-refractivity contribution in [3.63, 3.8) is 0 Å². The van der Waals surface area contributed by atoms with Crippen LogP contribution in [0.5, 0.6) is 0 Å². The third kappa shape index (κ3) is 4.10. The molecule has 0 amide bonds. The minimum Gasteiger partial charge on any atom is -0.143 e. The van der Waals surface area contributed by atoms with Gasteiger partial charge in [-0.3, -0.25) is 0 Å². The molecule has 1 aromatic rings. The van der Waals surface area contributed by atoms with E-state index in [2.05, 4.69) is 12.6 Å². The molecule has 0 nitrogen and oxygen atoms in total. The van der Waals surface area contributed by atoms with Crippen LogP contribution in [0.2, 0.25) is 0 Å². The molecular formula is C7H5Cl3NaS+. The minimum atomic E-state index is -1.33. The summed E-state index contributed by atoms with van der Waals surface area (Å²) in [6.07, 6.45) is 0. The number of halogens is 3. The fourth-order valence-corrected chi connectivity index (χ4v) is 1.18. The maximum atomic E-state index is 5.62. The summed E-state index contributed by atoms with van der Waals surface area (Å²) >= 11 is 20.9. The van der Waals surface area contributed by atoms with Gasteiger partial charge in [-0.2, -0.15) is 0 Å². The molecule has 5 heteroatoms. The van der Waals surface area contributed by atoms with Gasteiger partial charge in [0.1, 0.15) is 0 Å². The molecule has 0 N–H and O–H groups in total. The predicted octanol–water partition coefficient (Wildman–Crippen LogP) is 0.806. The Morgan fingerprint density at radius 3 is 1.75 bits per heavy atom. The average Bonchev–Trinajstić information content (AvgIpc) is 1.86. The fourth-order valence-electron chi connectivity index (χ4n) is 0.650. The van der Waals surface area contributed by atoms with Gasteiger partial charge in [0.05, 0.1) is 0 Å². The molecule has 0 radical (unpaired) electrons. The molecule has 0 atom stereocenters. The number of hydrogen-bond acceptors (Lipinski definition) is 1. The smallest absolute Gasteiger partial charge is 0.143 e. The number of benzene rings is 1. The van der Waals surface area contributed by atoms with E-state index in [1.54, 1.807) is 24.3 Å². The van der Waals surface area contributed by atoms with Crippen molar-refractivity contribution in [2.45, 2.75) is 8.69 Å². The van der Waals surface area contributed by atoms with Crippen LogP contribution in [0, 0.1) is 0 Å². The van der Waals surface area contributed by atoms with Crippen LogP contribution in [0.25, 0.3) is 0 Å². The molecule has 0 spiro atoms. The third-order valence-corrected chi connectivity index (χ3v) is 2.15. The molecule has 60 valence electrons. The predicted molar refractivity (Wildman–Crippen MR) is 52.9 cm³/mol. The first-order valence-corrected chi connectivity index (χ1v) is 4.44. The Morgan fingerprint density at radius 2 is 1.42 bits per heavy atom. The number of rotatable bonds is 0. The summed E-state index contributed by atoms with van der Waals surface area (Å²) in [6, 6.07) is 7.02. The van der Waals surface area contributed by atoms with Crippen molar-refractivity contribution in [3.05, 3.63) is 29.8 Å². The maximum Gasteiger partial charge on any atom is 1.00 e. The zero-order valence-corrected chi connectivity index (χ0v) is 11.6. The maximum absolute atomic E-state index is 5.62. The van der Waals surface area contributed by atoms with E-state index in [0.29, 0.717) is 5.56 Å². The summed E-state index contributed by atoms with van der Waals surface area (Å²) in [5, 5.41) is 0. The van der Waals surface area contributed by atoms with Crippen LogP contribution >= 0.6 is 47.4 Å². The topological polar surface area (TPSA) is 0 Å². The summed E-state index contributed by atoms with van der Waals surface area (Å²) in [7, 11) is 0. The van der Waals surface area contributed by atoms with E-state index in [0.717, 1.165) is 4.90 Å². The standard InChI is InChI=1S/C7H5Cl3S.Na/c8-7(9,10)5-1-3-6(11)4-2-5;/h1-4,11H;/q;+1. The van der Waals surface area contributed by atoms with E-state index >= 15 is 0 Å². The molecule has 12 heavy (non-hydrogen) atoms. The number of thiol groups is 1. The molecule has 0 unspecified atom stereocenters. The number of hydrogen-bond donors (Lipinski definition) is 1. The van der Waals surface area contributed by atoms with Gasteiger partial charge in [0.15, 0.2) is 0 Å². The molecule has 0 aliphatic carbocycles. The second kappa shape index (κ2) is 5.35. The first kappa shape index (κ1) is 13.4. The van der Waals surface area contributed by atoms with Gasteiger partial charge in [-0.15, -0.1) is 12.6 Å². The minimum absolute atomic E-state index is 0. The van der Waals surface area contributed by atoms with Gasteiger partial charge in [0.25, 0.3) is 0 Å². The van der Waals surface area contributed by atoms with Crippen molar-refractivity contribution >= 4 is 47.4 Å². The van der Waals surface area contributed by atoms with Crippen molar-refractivity contribution in [2.75, 3.05) is 0 Å². The van der Waals surface area contributed by atoms with E-state index < -0.39 is 3.79 Å². The van der Waals surface area contributed by atoms with Crippen molar-refractivity contribution in [2.24, 2.45) is 0 Å². The summed E-state index contributed by atoms with van der Waals surface area (Å²) in [4.78, 5) is 0.850. The Balaban J connectivity index is 0.00000121. The first-order valence-electron chi connectivity index (χ1n) is 2.86. The zero-order chi connectivity index (χ0) is 8.48. The number of alkyl halides is 3. The molecule has 0 heterocycles. The van der Waals surface area contributed by atoms with Gasteiger partial charge in [0, 0.05) is 10.5 Å². The molecule has 0 fully saturated rings. The Bertz CT molecular complexity index is 242. The van der Waals surface area contributed by atoms with Crippen LogP contribution in [-0.4, -0.2) is 0 Å². The molecule has 0 saturated heterocycles. The van der Waals surface area contributed by atoms with E-state index in [1.807, 2.05) is 0 Å². The quantitative estimate of drug-likeness (QED) is 0.393. The van der Waals surface area contributed by atoms with Crippen LogP contribution in [-0.2, 0) is 3.79 Å². The Kier molecular flexibility index (Phi) is 6.00. The van der Waals surface area contributed by atoms with Crippen LogP contribution in [0.4, 0.5) is 0 Å². The monoisotopic (exact) mass is 249 g/mol. The zero-order valence-electron chi connectivity index (χ0n) is 6.39. The van der Waals surface area contributed by atoms with E-state index in [9.17, 15) is 0 Å². The van der Waals surface area contributed by atoms with Crippen LogP contribution in [0.1, 0.15) is 5.56 Å². The molecule has 1 aromatic carbocycles.